The lowest BCUT2D eigenvalue weighted by Gasteiger charge is -2.12. The van der Waals surface area contributed by atoms with Gasteiger partial charge in [-0.25, -0.2) is 0 Å². The predicted octanol–water partition coefficient (Wildman–Crippen LogP) is 3.26. The third kappa shape index (κ3) is 5.39. The van der Waals surface area contributed by atoms with Crippen LogP contribution in [0, 0.1) is 17.0 Å². The lowest BCUT2D eigenvalue weighted by atomic mass is 10.2. The first kappa shape index (κ1) is 19.6. The van der Waals surface area contributed by atoms with E-state index in [9.17, 15) is 20.0 Å². The zero-order chi connectivity index (χ0) is 19.3. The number of nitrogens with zero attached hydrogens (tertiary/aromatic N) is 1. The molecule has 136 valence electrons. The summed E-state index contributed by atoms with van der Waals surface area (Å²) >= 11 is 8.31. The van der Waals surface area contributed by atoms with Crippen LogP contribution in [0.15, 0.2) is 40.9 Å². The number of nitrogens with one attached hydrogen (secondary N) is 2. The molecule has 0 aliphatic heterocycles. The fourth-order valence-corrected chi connectivity index (χ4v) is 2.67. The van der Waals surface area contributed by atoms with Crippen molar-refractivity contribution in [3.05, 3.63) is 56.5 Å². The molecule has 26 heavy (non-hydrogen) atoms. The van der Waals surface area contributed by atoms with Crippen LogP contribution >= 0.6 is 28.1 Å². The van der Waals surface area contributed by atoms with E-state index in [0.29, 0.717) is 5.75 Å². The second-order valence-corrected chi connectivity index (χ2v) is 6.48. The van der Waals surface area contributed by atoms with Gasteiger partial charge in [-0.1, -0.05) is 15.9 Å². The van der Waals surface area contributed by atoms with E-state index in [-0.39, 0.29) is 28.8 Å². The molecule has 2 aromatic carbocycles. The summed E-state index contributed by atoms with van der Waals surface area (Å²) in [6.45, 7) is 1.57. The monoisotopic (exact) mass is 439 g/mol. The number of carbonyl (C=O) groups excluding carboxylic acids is 1. The highest BCUT2D eigenvalue weighted by Crippen LogP contribution is 2.27. The van der Waals surface area contributed by atoms with Crippen LogP contribution in [0.3, 0.4) is 0 Å². The summed E-state index contributed by atoms with van der Waals surface area (Å²) < 4.78 is 6.32. The summed E-state index contributed by atoms with van der Waals surface area (Å²) in [5.41, 5.74) is 0.636. The van der Waals surface area contributed by atoms with Crippen LogP contribution in [0.1, 0.15) is 5.56 Å². The van der Waals surface area contributed by atoms with Gasteiger partial charge in [-0.2, -0.15) is 0 Å². The first-order valence-corrected chi connectivity index (χ1v) is 8.43. The molecule has 8 nitrogen and oxygen atoms in total. The molecule has 10 heteroatoms. The first-order valence-electron chi connectivity index (χ1n) is 7.23. The van der Waals surface area contributed by atoms with Crippen LogP contribution in [0.2, 0.25) is 0 Å². The van der Waals surface area contributed by atoms with Gasteiger partial charge in [0.2, 0.25) is 0 Å². The van der Waals surface area contributed by atoms with E-state index in [4.69, 9.17) is 17.0 Å². The van der Waals surface area contributed by atoms with Crippen molar-refractivity contribution in [1.29, 1.82) is 0 Å². The fourth-order valence-electron chi connectivity index (χ4n) is 1.97. The van der Waals surface area contributed by atoms with E-state index in [1.165, 1.54) is 0 Å². The molecule has 0 bridgehead atoms. The number of rotatable bonds is 5. The van der Waals surface area contributed by atoms with Crippen molar-refractivity contribution in [3.63, 3.8) is 0 Å². The molecule has 0 saturated heterocycles. The van der Waals surface area contributed by atoms with Crippen LogP contribution in [0.4, 0.5) is 11.4 Å². The molecule has 3 N–H and O–H groups in total. The Morgan fingerprint density at radius 2 is 2.08 bits per heavy atom. The van der Waals surface area contributed by atoms with Crippen molar-refractivity contribution in [2.75, 3.05) is 11.9 Å². The van der Waals surface area contributed by atoms with Gasteiger partial charge in [-0.15, -0.1) is 0 Å². The number of thiocarbonyl (C=S) groups is 1. The van der Waals surface area contributed by atoms with Crippen LogP contribution < -0.4 is 15.4 Å². The number of benzene rings is 2. The van der Waals surface area contributed by atoms with Crippen LogP contribution in [0.5, 0.6) is 11.5 Å². The van der Waals surface area contributed by atoms with Gasteiger partial charge in [-0.3, -0.25) is 20.2 Å². The predicted molar refractivity (Wildman–Crippen MR) is 103 cm³/mol. The van der Waals surface area contributed by atoms with Crippen molar-refractivity contribution in [1.82, 2.24) is 5.32 Å². The molecule has 0 heterocycles. The average Bonchev–Trinajstić information content (AvgIpc) is 2.55. The Balaban J connectivity index is 1.92. The molecule has 1 amide bonds. The number of aromatic hydroxyl groups is 1. The lowest BCUT2D eigenvalue weighted by molar-refractivity contribution is -0.384. The summed E-state index contributed by atoms with van der Waals surface area (Å²) in [7, 11) is 0. The smallest absolute Gasteiger partial charge is 0.271 e. The standard InChI is InChI=1S/C16H14BrN3O5S/c1-9-6-10(17)2-5-14(9)25-8-15(22)19-16(26)18-12-7-11(20(23)24)3-4-13(12)21/h2-7,21H,8H2,1H3,(H2,18,19,22,26). The number of nitro benzene ring substituents is 1. The molecule has 0 fully saturated rings. The van der Waals surface area contributed by atoms with E-state index in [0.717, 1.165) is 28.2 Å². The summed E-state index contributed by atoms with van der Waals surface area (Å²) in [6, 6.07) is 8.78. The molecule has 0 spiro atoms. The third-order valence-electron chi connectivity index (χ3n) is 3.19. The SMILES string of the molecule is Cc1cc(Br)ccc1OCC(=O)NC(=S)Nc1cc([N+](=O)[O-])ccc1O. The minimum Gasteiger partial charge on any atom is -0.506 e. The summed E-state index contributed by atoms with van der Waals surface area (Å²) in [5, 5.41) is 25.3. The Hall–Kier alpha value is -2.72. The van der Waals surface area contributed by atoms with Crippen molar-refractivity contribution < 1.29 is 19.6 Å². The molecule has 0 aromatic heterocycles. The second-order valence-electron chi connectivity index (χ2n) is 5.16. The van der Waals surface area contributed by atoms with Gasteiger partial charge < -0.3 is 15.2 Å². The number of aryl methyl sites for hydroxylation is 1. The molecule has 0 aliphatic rings. The number of amides is 1. The van der Waals surface area contributed by atoms with Crippen LogP contribution in [0.25, 0.3) is 0 Å². The highest BCUT2D eigenvalue weighted by atomic mass is 79.9. The fraction of sp³-hybridized carbons (Fsp3) is 0.125. The van der Waals surface area contributed by atoms with Crippen molar-refractivity contribution in [2.45, 2.75) is 6.92 Å². The molecule has 2 rings (SSSR count). The third-order valence-corrected chi connectivity index (χ3v) is 3.89. The summed E-state index contributed by atoms with van der Waals surface area (Å²) in [5.74, 6) is -0.206. The van der Waals surface area contributed by atoms with Crippen LogP contribution in [-0.2, 0) is 4.79 Å². The van der Waals surface area contributed by atoms with E-state index in [1.807, 2.05) is 13.0 Å². The normalized spacial score (nSPS) is 10.1. The highest BCUT2D eigenvalue weighted by molar-refractivity contribution is 9.10. The molecule has 2 aromatic rings. The van der Waals surface area contributed by atoms with Gasteiger partial charge in [0, 0.05) is 16.6 Å². The highest BCUT2D eigenvalue weighted by Gasteiger charge is 2.13. The maximum absolute atomic E-state index is 11.9. The maximum Gasteiger partial charge on any atom is 0.271 e. The van der Waals surface area contributed by atoms with Crippen molar-refractivity contribution in [2.24, 2.45) is 0 Å². The number of phenolic OH excluding ortho intramolecular Hbond substituents is 1. The number of non-ortho nitro benzene ring substituents is 1. The van der Waals surface area contributed by atoms with Crippen molar-refractivity contribution >= 4 is 50.5 Å². The van der Waals surface area contributed by atoms with Gasteiger partial charge in [-0.05, 0) is 49.0 Å². The van der Waals surface area contributed by atoms with E-state index in [1.54, 1.807) is 12.1 Å². The van der Waals surface area contributed by atoms with E-state index < -0.39 is 10.8 Å². The van der Waals surface area contributed by atoms with E-state index >= 15 is 0 Å². The number of anilines is 1. The Morgan fingerprint density at radius 1 is 1.35 bits per heavy atom. The topological polar surface area (TPSA) is 114 Å². The number of hydrogen-bond acceptors (Lipinski definition) is 6. The molecule has 0 saturated carbocycles. The number of carbonyl (C=O) groups is 1. The van der Waals surface area contributed by atoms with E-state index in [2.05, 4.69) is 26.6 Å². The first-order chi connectivity index (χ1) is 12.3. The van der Waals surface area contributed by atoms with Gasteiger partial charge in [0.1, 0.15) is 11.5 Å². The summed E-state index contributed by atoms with van der Waals surface area (Å²) in [6.07, 6.45) is 0. The van der Waals surface area contributed by atoms with Gasteiger partial charge in [0.05, 0.1) is 10.6 Å². The molecular formula is C16H14BrN3O5S. The maximum atomic E-state index is 11.9. The quantitative estimate of drug-likeness (QED) is 0.283. The molecule has 0 atom stereocenters. The minimum atomic E-state index is -0.610. The van der Waals surface area contributed by atoms with Gasteiger partial charge >= 0.3 is 0 Å². The van der Waals surface area contributed by atoms with Crippen LogP contribution in [-0.4, -0.2) is 27.7 Å². The zero-order valence-electron chi connectivity index (χ0n) is 13.5. The number of ether oxygens (including phenoxy) is 1. The average molecular weight is 440 g/mol. The minimum absolute atomic E-state index is 0.00849. The lowest BCUT2D eigenvalue weighted by Crippen LogP contribution is -2.37. The number of hydrogen-bond donors (Lipinski definition) is 3. The van der Waals surface area contributed by atoms with Gasteiger partial charge in [0.25, 0.3) is 11.6 Å². The number of halogens is 1. The molecular weight excluding hydrogens is 426 g/mol. The molecule has 0 radical (unpaired) electrons. The summed E-state index contributed by atoms with van der Waals surface area (Å²) in [4.78, 5) is 22.1. The van der Waals surface area contributed by atoms with Gasteiger partial charge in [0.15, 0.2) is 11.7 Å². The molecule has 0 aliphatic carbocycles. The Morgan fingerprint density at radius 3 is 2.73 bits per heavy atom. The van der Waals surface area contributed by atoms with Crippen molar-refractivity contribution in [3.8, 4) is 11.5 Å². The number of nitro groups is 1. The number of phenols is 1. The zero-order valence-corrected chi connectivity index (χ0v) is 15.9. The molecule has 0 unspecified atom stereocenters. The Labute approximate surface area is 162 Å². The largest absolute Gasteiger partial charge is 0.506 e. The Kier molecular flexibility index (Phi) is 6.47. The Bertz CT molecular complexity index is 875. The second kappa shape index (κ2) is 8.59.